The molecule has 72 valence electrons. The molecule has 0 saturated carbocycles. The van der Waals surface area contributed by atoms with Crippen LogP contribution < -0.4 is 0 Å². The van der Waals surface area contributed by atoms with Gasteiger partial charge < -0.3 is 5.11 Å². The number of phenolic OH excluding ortho intramolecular Hbond substituents is 1. The topological polar surface area (TPSA) is 20.2 Å². The van der Waals surface area contributed by atoms with Gasteiger partial charge in [0.1, 0.15) is 5.75 Å². The molecule has 1 N–H and O–H groups in total. The Bertz CT molecular complexity index is 332. The van der Waals surface area contributed by atoms with E-state index in [1.54, 1.807) is 0 Å². The third-order valence-electron chi connectivity index (χ3n) is 1.99. The Balaban J connectivity index is 3.44. The first-order valence-corrected chi connectivity index (χ1v) is 5.71. The molecule has 0 fully saturated rings. The first-order valence-electron chi connectivity index (χ1n) is 4.12. The SMILES string of the molecule is Cc1cc(Br)c(C(C)C)c(O)c1Br. The number of phenols is 1. The molecule has 0 radical (unpaired) electrons. The lowest BCUT2D eigenvalue weighted by molar-refractivity contribution is 0.460. The fourth-order valence-corrected chi connectivity index (χ4v) is 2.62. The van der Waals surface area contributed by atoms with Crippen LogP contribution in [0.25, 0.3) is 0 Å². The minimum Gasteiger partial charge on any atom is -0.506 e. The Labute approximate surface area is 95.4 Å². The van der Waals surface area contributed by atoms with Gasteiger partial charge in [0.15, 0.2) is 0 Å². The highest BCUT2D eigenvalue weighted by atomic mass is 79.9. The highest BCUT2D eigenvalue weighted by Crippen LogP contribution is 2.40. The van der Waals surface area contributed by atoms with Crippen molar-refractivity contribution in [3.05, 3.63) is 26.1 Å². The molecule has 1 nitrogen and oxygen atoms in total. The van der Waals surface area contributed by atoms with Gasteiger partial charge in [-0.05, 0) is 40.4 Å². The van der Waals surface area contributed by atoms with Crippen LogP contribution in [-0.4, -0.2) is 5.11 Å². The van der Waals surface area contributed by atoms with E-state index in [4.69, 9.17) is 0 Å². The van der Waals surface area contributed by atoms with Crippen LogP contribution in [0.2, 0.25) is 0 Å². The second-order valence-electron chi connectivity index (χ2n) is 3.41. The van der Waals surface area contributed by atoms with Crippen molar-refractivity contribution in [2.75, 3.05) is 0 Å². The fraction of sp³-hybridized carbons (Fsp3) is 0.400. The second kappa shape index (κ2) is 4.01. The zero-order valence-corrected chi connectivity index (χ0v) is 11.0. The third kappa shape index (κ3) is 2.08. The van der Waals surface area contributed by atoms with E-state index in [1.165, 1.54) is 0 Å². The molecule has 0 atom stereocenters. The first kappa shape index (κ1) is 11.1. The summed E-state index contributed by atoms with van der Waals surface area (Å²) in [4.78, 5) is 0. The van der Waals surface area contributed by atoms with Crippen LogP contribution in [0, 0.1) is 6.92 Å². The number of aromatic hydroxyl groups is 1. The van der Waals surface area contributed by atoms with E-state index in [9.17, 15) is 5.11 Å². The molecule has 13 heavy (non-hydrogen) atoms. The molecule has 0 aliphatic carbocycles. The predicted octanol–water partition coefficient (Wildman–Crippen LogP) is 4.35. The maximum atomic E-state index is 9.85. The standard InChI is InChI=1S/C10H12Br2O/c1-5(2)8-7(11)4-6(3)9(12)10(8)13/h4-5,13H,1-3H3. The van der Waals surface area contributed by atoms with Gasteiger partial charge in [0.25, 0.3) is 0 Å². The maximum Gasteiger partial charge on any atom is 0.134 e. The van der Waals surface area contributed by atoms with Crippen LogP contribution in [0.15, 0.2) is 15.0 Å². The Hall–Kier alpha value is -0.0200. The van der Waals surface area contributed by atoms with E-state index >= 15 is 0 Å². The highest BCUT2D eigenvalue weighted by Gasteiger charge is 2.14. The maximum absolute atomic E-state index is 9.85. The minimum absolute atomic E-state index is 0.311. The van der Waals surface area contributed by atoms with Crippen molar-refractivity contribution in [2.45, 2.75) is 26.7 Å². The van der Waals surface area contributed by atoms with Crippen molar-refractivity contribution in [1.29, 1.82) is 0 Å². The lowest BCUT2D eigenvalue weighted by atomic mass is 10.0. The Morgan fingerprint density at radius 3 is 2.31 bits per heavy atom. The van der Waals surface area contributed by atoms with Gasteiger partial charge in [-0.2, -0.15) is 0 Å². The molecule has 1 aromatic carbocycles. The van der Waals surface area contributed by atoms with Gasteiger partial charge in [-0.25, -0.2) is 0 Å². The summed E-state index contributed by atoms with van der Waals surface area (Å²) in [6, 6.07) is 2.01. The van der Waals surface area contributed by atoms with Crippen LogP contribution in [0.3, 0.4) is 0 Å². The van der Waals surface area contributed by atoms with Gasteiger partial charge in [-0.3, -0.25) is 0 Å². The van der Waals surface area contributed by atoms with Gasteiger partial charge in [0.2, 0.25) is 0 Å². The summed E-state index contributed by atoms with van der Waals surface area (Å²) < 4.78 is 1.76. The van der Waals surface area contributed by atoms with Crippen LogP contribution in [0.4, 0.5) is 0 Å². The molecular weight excluding hydrogens is 296 g/mol. The van der Waals surface area contributed by atoms with Crippen LogP contribution in [0.1, 0.15) is 30.9 Å². The van der Waals surface area contributed by atoms with Gasteiger partial charge in [0.05, 0.1) is 4.47 Å². The van der Waals surface area contributed by atoms with Crippen molar-refractivity contribution in [1.82, 2.24) is 0 Å². The number of halogens is 2. The van der Waals surface area contributed by atoms with Crippen molar-refractivity contribution < 1.29 is 5.11 Å². The highest BCUT2D eigenvalue weighted by molar-refractivity contribution is 9.11. The number of benzene rings is 1. The lowest BCUT2D eigenvalue weighted by Gasteiger charge is -2.13. The van der Waals surface area contributed by atoms with Crippen LogP contribution in [0.5, 0.6) is 5.75 Å². The minimum atomic E-state index is 0.311. The van der Waals surface area contributed by atoms with Crippen molar-refractivity contribution in [2.24, 2.45) is 0 Å². The molecule has 0 aliphatic rings. The van der Waals surface area contributed by atoms with E-state index < -0.39 is 0 Å². The normalized spacial score (nSPS) is 10.9. The van der Waals surface area contributed by atoms with E-state index in [1.807, 2.05) is 13.0 Å². The molecule has 0 amide bonds. The van der Waals surface area contributed by atoms with Crippen LogP contribution in [-0.2, 0) is 0 Å². The van der Waals surface area contributed by atoms with Gasteiger partial charge in [-0.15, -0.1) is 0 Å². The summed E-state index contributed by atoms with van der Waals surface area (Å²) in [6.45, 7) is 6.07. The van der Waals surface area contributed by atoms with E-state index in [2.05, 4.69) is 45.7 Å². The Morgan fingerprint density at radius 2 is 1.85 bits per heavy atom. The second-order valence-corrected chi connectivity index (χ2v) is 5.05. The molecule has 0 bridgehead atoms. The molecule has 0 saturated heterocycles. The average molecular weight is 308 g/mol. The summed E-state index contributed by atoms with van der Waals surface area (Å²) in [5, 5.41) is 9.85. The van der Waals surface area contributed by atoms with E-state index in [0.29, 0.717) is 11.7 Å². The smallest absolute Gasteiger partial charge is 0.134 e. The third-order valence-corrected chi connectivity index (χ3v) is 3.64. The molecule has 0 unspecified atom stereocenters. The van der Waals surface area contributed by atoms with Crippen LogP contribution >= 0.6 is 31.9 Å². The van der Waals surface area contributed by atoms with E-state index in [-0.39, 0.29) is 0 Å². The molecule has 1 aromatic rings. The largest absolute Gasteiger partial charge is 0.506 e. The van der Waals surface area contributed by atoms with Gasteiger partial charge in [0, 0.05) is 10.0 Å². The fourth-order valence-electron chi connectivity index (χ4n) is 1.30. The molecule has 0 heterocycles. The Kier molecular flexibility index (Phi) is 3.41. The number of aryl methyl sites for hydroxylation is 1. The van der Waals surface area contributed by atoms with Crippen molar-refractivity contribution in [3.8, 4) is 5.75 Å². The first-order chi connectivity index (χ1) is 5.95. The summed E-state index contributed by atoms with van der Waals surface area (Å²) >= 11 is 6.81. The van der Waals surface area contributed by atoms with Crippen molar-refractivity contribution in [3.63, 3.8) is 0 Å². The summed E-state index contributed by atoms with van der Waals surface area (Å²) in [5.74, 6) is 0.660. The monoisotopic (exact) mass is 306 g/mol. The molecule has 0 aromatic heterocycles. The number of hydrogen-bond donors (Lipinski definition) is 1. The van der Waals surface area contributed by atoms with Gasteiger partial charge in [-0.1, -0.05) is 29.8 Å². The summed E-state index contributed by atoms with van der Waals surface area (Å²) in [7, 11) is 0. The molecule has 0 spiro atoms. The lowest BCUT2D eigenvalue weighted by Crippen LogP contribution is -1.92. The molecule has 1 rings (SSSR count). The molecule has 0 aliphatic heterocycles. The quantitative estimate of drug-likeness (QED) is 0.818. The average Bonchev–Trinajstić information content (AvgIpc) is 1.99. The Morgan fingerprint density at radius 1 is 1.31 bits per heavy atom. The molecular formula is C10H12Br2O. The zero-order chi connectivity index (χ0) is 10.2. The number of hydrogen-bond acceptors (Lipinski definition) is 1. The number of rotatable bonds is 1. The van der Waals surface area contributed by atoms with Gasteiger partial charge >= 0.3 is 0 Å². The molecule has 3 heteroatoms. The zero-order valence-electron chi connectivity index (χ0n) is 7.86. The summed E-state index contributed by atoms with van der Waals surface area (Å²) in [6.07, 6.45) is 0. The van der Waals surface area contributed by atoms with Crippen molar-refractivity contribution >= 4 is 31.9 Å². The summed E-state index contributed by atoms with van der Waals surface area (Å²) in [5.41, 5.74) is 1.99. The van der Waals surface area contributed by atoms with E-state index in [0.717, 1.165) is 20.1 Å². The predicted molar refractivity (Wildman–Crippen MR) is 62.3 cm³/mol.